The molecule has 0 saturated carbocycles. The van der Waals surface area contributed by atoms with Gasteiger partial charge in [-0.15, -0.1) is 0 Å². The molecule has 0 heterocycles. The zero-order valence-corrected chi connectivity index (χ0v) is 13.0. The van der Waals surface area contributed by atoms with E-state index in [1.807, 2.05) is 18.2 Å². The number of hydrogen-bond donors (Lipinski definition) is 1. The molecule has 0 aliphatic heterocycles. The number of halogens is 1. The smallest absolute Gasteiger partial charge is 0.151 e. The summed E-state index contributed by atoms with van der Waals surface area (Å²) in [5, 5.41) is 3.12. The topological polar surface area (TPSA) is 55.4 Å². The van der Waals surface area contributed by atoms with Crippen molar-refractivity contribution in [2.24, 2.45) is 0 Å². The van der Waals surface area contributed by atoms with Crippen molar-refractivity contribution < 1.29 is 13.2 Å². The molecule has 0 atom stereocenters. The van der Waals surface area contributed by atoms with Crippen molar-refractivity contribution in [2.45, 2.75) is 13.5 Å². The van der Waals surface area contributed by atoms with E-state index < -0.39 is 9.84 Å². The minimum absolute atomic E-state index is 0.181. The summed E-state index contributed by atoms with van der Waals surface area (Å²) in [5.41, 5.74) is 1.08. The summed E-state index contributed by atoms with van der Waals surface area (Å²) in [5.74, 6) is 1.16. The summed E-state index contributed by atoms with van der Waals surface area (Å²) < 4.78 is 28.6. The first-order chi connectivity index (χ1) is 8.48. The Morgan fingerprint density at radius 3 is 2.67 bits per heavy atom. The summed E-state index contributed by atoms with van der Waals surface area (Å²) in [7, 11) is -1.27. The van der Waals surface area contributed by atoms with E-state index in [9.17, 15) is 8.42 Å². The lowest BCUT2D eigenvalue weighted by Crippen LogP contribution is -2.23. The van der Waals surface area contributed by atoms with Gasteiger partial charge in [-0.05, 0) is 33.6 Å². The Hall–Kier alpha value is -0.590. The van der Waals surface area contributed by atoms with Crippen LogP contribution in [-0.4, -0.2) is 33.6 Å². The zero-order chi connectivity index (χ0) is 13.6. The van der Waals surface area contributed by atoms with Gasteiger partial charge in [-0.1, -0.05) is 13.0 Å². The highest BCUT2D eigenvalue weighted by Crippen LogP contribution is 2.25. The first-order valence-corrected chi connectivity index (χ1v) is 8.33. The van der Waals surface area contributed by atoms with Crippen LogP contribution in [0.15, 0.2) is 22.7 Å². The predicted octanol–water partition coefficient (Wildman–Crippen LogP) is 1.98. The molecule has 18 heavy (non-hydrogen) atoms. The van der Waals surface area contributed by atoms with E-state index in [1.54, 1.807) is 14.0 Å². The van der Waals surface area contributed by atoms with Crippen molar-refractivity contribution in [1.82, 2.24) is 5.32 Å². The van der Waals surface area contributed by atoms with Gasteiger partial charge in [-0.3, -0.25) is 0 Å². The van der Waals surface area contributed by atoms with Crippen LogP contribution in [0.25, 0.3) is 0 Å². The molecule has 0 bridgehead atoms. The highest BCUT2D eigenvalue weighted by molar-refractivity contribution is 9.10. The standard InChI is InChI=1S/C12H18BrNO3S/c1-3-18(15,16)7-6-14-9-10-4-5-12(17-2)11(13)8-10/h4-5,8,14H,3,6-7,9H2,1-2H3. The molecule has 0 aromatic heterocycles. The molecule has 1 rings (SSSR count). The van der Waals surface area contributed by atoms with Crippen molar-refractivity contribution >= 4 is 25.8 Å². The Morgan fingerprint density at radius 2 is 2.11 bits per heavy atom. The Labute approximate surface area is 117 Å². The lowest BCUT2D eigenvalue weighted by Gasteiger charge is -2.08. The number of benzene rings is 1. The van der Waals surface area contributed by atoms with Crippen molar-refractivity contribution in [2.75, 3.05) is 25.2 Å². The Kier molecular flexibility index (Phi) is 6.11. The third-order valence-corrected chi connectivity index (χ3v) is 4.90. The van der Waals surface area contributed by atoms with E-state index in [-0.39, 0.29) is 11.5 Å². The van der Waals surface area contributed by atoms with E-state index in [0.717, 1.165) is 15.8 Å². The number of nitrogens with one attached hydrogen (secondary N) is 1. The zero-order valence-electron chi connectivity index (χ0n) is 10.6. The third-order valence-electron chi connectivity index (χ3n) is 2.57. The maximum absolute atomic E-state index is 11.3. The van der Waals surface area contributed by atoms with E-state index in [4.69, 9.17) is 4.74 Å². The van der Waals surface area contributed by atoms with Crippen LogP contribution in [0.2, 0.25) is 0 Å². The predicted molar refractivity (Wildman–Crippen MR) is 76.7 cm³/mol. The molecule has 0 spiro atoms. The fourth-order valence-electron chi connectivity index (χ4n) is 1.42. The molecule has 0 fully saturated rings. The van der Waals surface area contributed by atoms with Gasteiger partial charge in [-0.2, -0.15) is 0 Å². The molecule has 102 valence electrons. The SMILES string of the molecule is CCS(=O)(=O)CCNCc1ccc(OC)c(Br)c1. The van der Waals surface area contributed by atoms with Gasteiger partial charge >= 0.3 is 0 Å². The van der Waals surface area contributed by atoms with Crippen molar-refractivity contribution in [3.8, 4) is 5.75 Å². The fourth-order valence-corrected chi connectivity index (χ4v) is 2.76. The van der Waals surface area contributed by atoms with Crippen molar-refractivity contribution in [3.63, 3.8) is 0 Å². The molecule has 1 aromatic rings. The minimum atomic E-state index is -2.88. The molecule has 0 saturated heterocycles. The van der Waals surface area contributed by atoms with Crippen LogP contribution in [0.4, 0.5) is 0 Å². The normalized spacial score (nSPS) is 11.5. The van der Waals surface area contributed by atoms with E-state index in [1.165, 1.54) is 0 Å². The molecule has 1 aromatic carbocycles. The van der Waals surface area contributed by atoms with E-state index in [0.29, 0.717) is 13.1 Å². The van der Waals surface area contributed by atoms with Gasteiger partial charge in [0.15, 0.2) is 9.84 Å². The summed E-state index contributed by atoms with van der Waals surface area (Å²) in [6.45, 7) is 2.78. The maximum Gasteiger partial charge on any atom is 0.151 e. The summed E-state index contributed by atoms with van der Waals surface area (Å²) in [4.78, 5) is 0. The van der Waals surface area contributed by atoms with Crippen molar-refractivity contribution in [3.05, 3.63) is 28.2 Å². The molecule has 0 radical (unpaired) electrons. The largest absolute Gasteiger partial charge is 0.496 e. The molecule has 1 N–H and O–H groups in total. The van der Waals surface area contributed by atoms with E-state index in [2.05, 4.69) is 21.2 Å². The Balaban J connectivity index is 2.43. The van der Waals surface area contributed by atoms with Gasteiger partial charge in [0.2, 0.25) is 0 Å². The summed E-state index contributed by atoms with van der Waals surface area (Å²) >= 11 is 3.41. The Morgan fingerprint density at radius 1 is 1.39 bits per heavy atom. The first kappa shape index (κ1) is 15.5. The quantitative estimate of drug-likeness (QED) is 0.774. The second-order valence-corrected chi connectivity index (χ2v) is 7.21. The molecular formula is C12H18BrNO3S. The highest BCUT2D eigenvalue weighted by Gasteiger charge is 2.06. The average molecular weight is 336 g/mol. The number of hydrogen-bond acceptors (Lipinski definition) is 4. The number of ether oxygens (including phenoxy) is 1. The second-order valence-electron chi connectivity index (χ2n) is 3.88. The van der Waals surface area contributed by atoms with Gasteiger partial charge in [0.25, 0.3) is 0 Å². The number of rotatable bonds is 7. The first-order valence-electron chi connectivity index (χ1n) is 5.72. The molecule has 6 heteroatoms. The Bertz CT molecular complexity index is 488. The fraction of sp³-hybridized carbons (Fsp3) is 0.500. The monoisotopic (exact) mass is 335 g/mol. The summed E-state index contributed by atoms with van der Waals surface area (Å²) in [6, 6.07) is 5.79. The molecule has 4 nitrogen and oxygen atoms in total. The maximum atomic E-state index is 11.3. The van der Waals surface area contributed by atoms with Crippen LogP contribution in [0.1, 0.15) is 12.5 Å². The highest BCUT2D eigenvalue weighted by atomic mass is 79.9. The van der Waals surface area contributed by atoms with Crippen LogP contribution in [-0.2, 0) is 16.4 Å². The third kappa shape index (κ3) is 4.96. The molecule has 0 aliphatic rings. The van der Waals surface area contributed by atoms with Crippen molar-refractivity contribution in [1.29, 1.82) is 0 Å². The number of methoxy groups -OCH3 is 1. The number of sulfone groups is 1. The van der Waals surface area contributed by atoms with Gasteiger partial charge < -0.3 is 10.1 Å². The average Bonchev–Trinajstić information content (AvgIpc) is 2.35. The lowest BCUT2D eigenvalue weighted by molar-refractivity contribution is 0.412. The lowest BCUT2D eigenvalue weighted by atomic mass is 10.2. The van der Waals surface area contributed by atoms with Crippen LogP contribution >= 0.6 is 15.9 Å². The van der Waals surface area contributed by atoms with Gasteiger partial charge in [0.05, 0.1) is 17.3 Å². The second kappa shape index (κ2) is 7.11. The van der Waals surface area contributed by atoms with E-state index >= 15 is 0 Å². The van der Waals surface area contributed by atoms with Gasteiger partial charge in [0, 0.05) is 18.8 Å². The van der Waals surface area contributed by atoms with Crippen LogP contribution < -0.4 is 10.1 Å². The molecule has 0 amide bonds. The van der Waals surface area contributed by atoms with Gasteiger partial charge in [0.1, 0.15) is 5.75 Å². The molecule has 0 aliphatic carbocycles. The van der Waals surface area contributed by atoms with Crippen LogP contribution in [0.3, 0.4) is 0 Å². The molecule has 0 unspecified atom stereocenters. The summed E-state index contributed by atoms with van der Waals surface area (Å²) in [6.07, 6.45) is 0. The van der Waals surface area contributed by atoms with Crippen LogP contribution in [0.5, 0.6) is 5.75 Å². The van der Waals surface area contributed by atoms with Crippen LogP contribution in [0, 0.1) is 0 Å². The van der Waals surface area contributed by atoms with Gasteiger partial charge in [-0.25, -0.2) is 8.42 Å². The minimum Gasteiger partial charge on any atom is -0.496 e. The molecular weight excluding hydrogens is 318 g/mol.